The van der Waals surface area contributed by atoms with Crippen LogP contribution < -0.4 is 4.57 Å². The van der Waals surface area contributed by atoms with Gasteiger partial charge in [-0.25, -0.2) is 8.97 Å². The normalized spacial score (nSPS) is 12.7. The van der Waals surface area contributed by atoms with E-state index in [1.807, 2.05) is 0 Å². The molecule has 2 nitrogen and oxygen atoms in total. The second-order valence-corrected chi connectivity index (χ2v) is 16.7. The van der Waals surface area contributed by atoms with Crippen LogP contribution in [0.3, 0.4) is 0 Å². The van der Waals surface area contributed by atoms with E-state index in [1.54, 1.807) is 0 Å². The Morgan fingerprint density at radius 1 is 0.510 bits per heavy atom. The Morgan fingerprint density at radius 2 is 1.06 bits per heavy atom. The van der Waals surface area contributed by atoms with Crippen LogP contribution in [0.2, 0.25) is 0 Å². The number of rotatable bonds is 16. The maximum absolute atomic E-state index is 3.74. The van der Waals surface area contributed by atoms with E-state index < -0.39 is 0 Å². The summed E-state index contributed by atoms with van der Waals surface area (Å²) in [5, 5.41) is 0. The van der Waals surface area contributed by atoms with E-state index in [4.69, 9.17) is 0 Å². The summed E-state index contributed by atoms with van der Waals surface area (Å²) in [7, 11) is 0. The van der Waals surface area contributed by atoms with E-state index >= 15 is 0 Å². The van der Waals surface area contributed by atoms with E-state index in [0.717, 1.165) is 43.6 Å². The predicted octanol–water partition coefficient (Wildman–Crippen LogP) is 13.6. The number of aryl methyl sites for hydroxylation is 2. The number of benzene rings is 4. The van der Waals surface area contributed by atoms with Crippen molar-refractivity contribution in [2.45, 2.75) is 76.2 Å². The van der Waals surface area contributed by atoms with Crippen LogP contribution in [0.5, 0.6) is 0 Å². The Labute approximate surface area is 325 Å². The van der Waals surface area contributed by atoms with Crippen LogP contribution in [-0.2, 0) is 12.8 Å². The molecule has 49 heavy (non-hydrogen) atoms. The molecule has 0 fully saturated rings. The maximum atomic E-state index is 3.74. The van der Waals surface area contributed by atoms with Gasteiger partial charge in [0.1, 0.15) is 18.4 Å². The minimum atomic E-state index is 0.269. The van der Waals surface area contributed by atoms with Gasteiger partial charge in [0.25, 0.3) is 5.65 Å². The summed E-state index contributed by atoms with van der Waals surface area (Å²) in [4.78, 5) is 0. The zero-order chi connectivity index (χ0) is 34.0. The molecule has 6 aromatic rings. The van der Waals surface area contributed by atoms with Crippen molar-refractivity contribution < 1.29 is 4.57 Å². The Bertz CT molecular complexity index is 1970. The van der Waals surface area contributed by atoms with Crippen molar-refractivity contribution >= 4 is 69.4 Å². The summed E-state index contributed by atoms with van der Waals surface area (Å²) in [5.41, 5.74) is 8.13. The lowest BCUT2D eigenvalue weighted by atomic mass is 9.87. The molecule has 6 rings (SSSR count). The van der Waals surface area contributed by atoms with Crippen molar-refractivity contribution in [3.63, 3.8) is 0 Å². The number of hydrogen-bond acceptors (Lipinski definition) is 0. The van der Waals surface area contributed by atoms with Gasteiger partial charge in [0.15, 0.2) is 0 Å². The quantitative estimate of drug-likeness (QED) is 0.0676. The SMILES string of the molecule is Brc1cccc(CCCCCC(c2cccc(Br)c2)c2ccc3n(cc[n+]3C(CCCCCc3cccc(Br)c3)c3cccc(Br)c3)c2)c1. The molecular weight excluding hydrogens is 864 g/mol. The fraction of sp³-hybridized carbons (Fsp3) is 0.279. The molecule has 6 heteroatoms. The molecule has 2 heterocycles. The summed E-state index contributed by atoms with van der Waals surface area (Å²) >= 11 is 14.7. The van der Waals surface area contributed by atoms with E-state index in [1.165, 1.54) is 72.0 Å². The van der Waals surface area contributed by atoms with Crippen molar-refractivity contribution in [3.05, 3.63) is 173 Å². The predicted molar refractivity (Wildman–Crippen MR) is 218 cm³/mol. The first-order valence-electron chi connectivity index (χ1n) is 17.4. The summed E-state index contributed by atoms with van der Waals surface area (Å²) in [6, 6.07) is 40.1. The average molecular weight is 907 g/mol. The molecule has 0 aliphatic rings. The Morgan fingerprint density at radius 3 is 1.67 bits per heavy atom. The number of pyridine rings is 1. The number of halogens is 4. The summed E-state index contributed by atoms with van der Waals surface area (Å²) < 4.78 is 9.41. The molecule has 252 valence electrons. The van der Waals surface area contributed by atoms with Crippen molar-refractivity contribution in [2.75, 3.05) is 0 Å². The number of fused-ring (bicyclic) bond motifs is 1. The van der Waals surface area contributed by atoms with Gasteiger partial charge in [-0.3, -0.25) is 0 Å². The minimum Gasteiger partial charge on any atom is -0.223 e. The van der Waals surface area contributed by atoms with Crippen molar-refractivity contribution in [1.29, 1.82) is 0 Å². The van der Waals surface area contributed by atoms with Crippen LogP contribution in [-0.4, -0.2) is 4.40 Å². The number of nitrogens with zero attached hydrogens (tertiary/aromatic N) is 2. The highest BCUT2D eigenvalue weighted by Gasteiger charge is 2.24. The van der Waals surface area contributed by atoms with Crippen molar-refractivity contribution in [3.8, 4) is 0 Å². The van der Waals surface area contributed by atoms with E-state index in [9.17, 15) is 0 Å². The fourth-order valence-electron chi connectivity index (χ4n) is 7.07. The van der Waals surface area contributed by atoms with Crippen LogP contribution in [0, 0.1) is 0 Å². The molecule has 0 amide bonds. The lowest BCUT2D eigenvalue weighted by molar-refractivity contribution is -0.689. The largest absolute Gasteiger partial charge is 0.286 e. The lowest BCUT2D eigenvalue weighted by Gasteiger charge is -2.18. The third kappa shape index (κ3) is 10.3. The molecule has 2 atom stereocenters. The highest BCUT2D eigenvalue weighted by molar-refractivity contribution is 9.11. The number of unbranched alkanes of at least 4 members (excludes halogenated alkanes) is 4. The first kappa shape index (κ1) is 36.3. The zero-order valence-corrected chi connectivity index (χ0v) is 34.1. The van der Waals surface area contributed by atoms with Gasteiger partial charge in [0.05, 0.1) is 6.20 Å². The molecule has 2 unspecified atom stereocenters. The molecule has 0 saturated heterocycles. The van der Waals surface area contributed by atoms with Gasteiger partial charge in [-0.1, -0.05) is 132 Å². The maximum Gasteiger partial charge on any atom is 0.286 e. The molecule has 4 aromatic carbocycles. The molecule has 0 bridgehead atoms. The second-order valence-electron chi connectivity index (χ2n) is 13.1. The molecule has 0 radical (unpaired) electrons. The molecule has 2 aromatic heterocycles. The monoisotopic (exact) mass is 903 g/mol. The second kappa shape index (κ2) is 18.1. The van der Waals surface area contributed by atoms with Crippen LogP contribution in [0.1, 0.15) is 91.1 Å². The highest BCUT2D eigenvalue weighted by atomic mass is 79.9. The molecule has 0 spiro atoms. The number of hydrogen-bond donors (Lipinski definition) is 0. The van der Waals surface area contributed by atoms with Gasteiger partial charge in [0.2, 0.25) is 0 Å². The fourth-order valence-corrected chi connectivity index (χ4v) is 8.79. The first-order valence-corrected chi connectivity index (χ1v) is 20.6. The number of aromatic nitrogens is 2. The van der Waals surface area contributed by atoms with E-state index in [0.29, 0.717) is 5.92 Å². The molecule has 0 aliphatic heterocycles. The summed E-state index contributed by atoms with van der Waals surface area (Å²) in [6.07, 6.45) is 18.6. The van der Waals surface area contributed by atoms with Crippen LogP contribution in [0.4, 0.5) is 0 Å². The zero-order valence-electron chi connectivity index (χ0n) is 27.8. The first-order chi connectivity index (χ1) is 23.9. The van der Waals surface area contributed by atoms with Crippen LogP contribution in [0.25, 0.3) is 5.65 Å². The molecular formula is C43H43Br4N2+. The smallest absolute Gasteiger partial charge is 0.223 e. The van der Waals surface area contributed by atoms with Gasteiger partial charge in [-0.2, -0.15) is 0 Å². The standard InChI is InChI=1S/C43H43Br4N2/c44-37-17-7-13-32(27-37)11-3-1-5-21-41(34-15-9-19-39(46)29-34)36-23-24-43-48(31-36)25-26-49(43)42(35-16-10-20-40(47)30-35)22-6-2-4-12-33-14-8-18-38(45)28-33/h7-10,13-20,23-31,41-42H,1-6,11-12,21-22H2/q+1. The summed E-state index contributed by atoms with van der Waals surface area (Å²) in [6.45, 7) is 0. The van der Waals surface area contributed by atoms with Crippen LogP contribution >= 0.6 is 63.7 Å². The Kier molecular flexibility index (Phi) is 13.4. The van der Waals surface area contributed by atoms with Gasteiger partial charge >= 0.3 is 0 Å². The molecule has 0 aliphatic carbocycles. The minimum absolute atomic E-state index is 0.269. The van der Waals surface area contributed by atoms with Gasteiger partial charge in [-0.05, 0) is 127 Å². The highest BCUT2D eigenvalue weighted by Crippen LogP contribution is 2.33. The van der Waals surface area contributed by atoms with Crippen molar-refractivity contribution in [2.24, 2.45) is 0 Å². The number of imidazole rings is 1. The van der Waals surface area contributed by atoms with Gasteiger partial charge in [-0.15, -0.1) is 0 Å². The average Bonchev–Trinajstić information content (AvgIpc) is 3.51. The van der Waals surface area contributed by atoms with E-state index in [2.05, 4.69) is 200 Å². The van der Waals surface area contributed by atoms with Crippen molar-refractivity contribution in [1.82, 2.24) is 4.40 Å². The third-order valence-corrected chi connectivity index (χ3v) is 11.5. The Balaban J connectivity index is 1.18. The third-order valence-electron chi connectivity index (χ3n) is 9.53. The lowest BCUT2D eigenvalue weighted by Crippen LogP contribution is -2.39. The van der Waals surface area contributed by atoms with Gasteiger partial charge < -0.3 is 0 Å². The molecule has 0 saturated carbocycles. The Hall–Kier alpha value is -2.51. The van der Waals surface area contributed by atoms with E-state index in [-0.39, 0.29) is 6.04 Å². The van der Waals surface area contributed by atoms with Crippen LogP contribution in [0.15, 0.2) is 146 Å². The molecule has 0 N–H and O–H groups in total. The topological polar surface area (TPSA) is 8.29 Å². The van der Waals surface area contributed by atoms with Gasteiger partial charge in [0, 0.05) is 29.9 Å². The summed E-state index contributed by atoms with van der Waals surface area (Å²) in [5.74, 6) is 0.342.